The first-order valence-corrected chi connectivity index (χ1v) is 12.3. The molecular weight excluding hydrogens is 408 g/mol. The largest absolute Gasteiger partial charge is 0.489 e. The molecule has 156 valence electrons. The van der Waals surface area contributed by atoms with Crippen molar-refractivity contribution in [1.29, 1.82) is 0 Å². The van der Waals surface area contributed by atoms with Crippen LogP contribution < -0.4 is 9.64 Å². The van der Waals surface area contributed by atoms with Crippen LogP contribution in [0.2, 0.25) is 0 Å². The minimum absolute atomic E-state index is 0.0779. The maximum absolute atomic E-state index is 13.7. The number of amides is 1. The SMILES string of the molecule is CC(=O)N1CCOc2cc(S(=O)(=O)N3CCCCC[C@@H]3c3sccc3C)ccc21. The normalized spacial score (nSPS) is 20.6. The Bertz CT molecular complexity index is 1020. The number of anilines is 1. The fourth-order valence-corrected chi connectivity index (χ4v) is 7.00. The van der Waals surface area contributed by atoms with Gasteiger partial charge < -0.3 is 9.64 Å². The van der Waals surface area contributed by atoms with Crippen LogP contribution in [0.15, 0.2) is 34.5 Å². The number of aryl methyl sites for hydroxylation is 1. The van der Waals surface area contributed by atoms with Crippen LogP contribution in [0, 0.1) is 6.92 Å². The van der Waals surface area contributed by atoms with Crippen LogP contribution in [-0.4, -0.2) is 38.3 Å². The molecule has 2 aliphatic heterocycles. The van der Waals surface area contributed by atoms with Gasteiger partial charge in [0.25, 0.3) is 0 Å². The fourth-order valence-electron chi connectivity index (χ4n) is 4.18. The van der Waals surface area contributed by atoms with Gasteiger partial charge in [0.15, 0.2) is 0 Å². The van der Waals surface area contributed by atoms with E-state index >= 15 is 0 Å². The minimum Gasteiger partial charge on any atom is -0.489 e. The molecule has 2 aromatic rings. The first kappa shape index (κ1) is 20.4. The van der Waals surface area contributed by atoms with Gasteiger partial charge in [0.2, 0.25) is 15.9 Å². The van der Waals surface area contributed by atoms with Crippen molar-refractivity contribution in [1.82, 2.24) is 4.31 Å². The van der Waals surface area contributed by atoms with Crippen LogP contribution in [0.25, 0.3) is 0 Å². The lowest BCUT2D eigenvalue weighted by atomic mass is 10.1. The van der Waals surface area contributed by atoms with Crippen molar-refractivity contribution in [2.75, 3.05) is 24.6 Å². The molecule has 6 nitrogen and oxygen atoms in total. The third kappa shape index (κ3) is 3.81. The zero-order chi connectivity index (χ0) is 20.6. The highest BCUT2D eigenvalue weighted by Gasteiger charge is 2.35. The number of hydrogen-bond acceptors (Lipinski definition) is 5. The van der Waals surface area contributed by atoms with E-state index in [-0.39, 0.29) is 16.8 Å². The Hall–Kier alpha value is -1.90. The van der Waals surface area contributed by atoms with Gasteiger partial charge >= 0.3 is 0 Å². The van der Waals surface area contributed by atoms with E-state index in [0.717, 1.165) is 36.1 Å². The summed E-state index contributed by atoms with van der Waals surface area (Å²) in [6.07, 6.45) is 3.75. The Morgan fingerprint density at radius 3 is 2.72 bits per heavy atom. The number of sulfonamides is 1. The highest BCUT2D eigenvalue weighted by molar-refractivity contribution is 7.89. The summed E-state index contributed by atoms with van der Waals surface area (Å²) in [6.45, 7) is 4.90. The van der Waals surface area contributed by atoms with E-state index in [0.29, 0.717) is 31.1 Å². The second-order valence-electron chi connectivity index (χ2n) is 7.60. The number of hydrogen-bond donors (Lipinski definition) is 0. The van der Waals surface area contributed by atoms with Gasteiger partial charge in [-0.1, -0.05) is 12.8 Å². The van der Waals surface area contributed by atoms with E-state index in [9.17, 15) is 13.2 Å². The lowest BCUT2D eigenvalue weighted by Gasteiger charge is -2.31. The van der Waals surface area contributed by atoms with Crippen LogP contribution in [0.4, 0.5) is 5.69 Å². The molecule has 1 fully saturated rings. The van der Waals surface area contributed by atoms with Gasteiger partial charge in [-0.25, -0.2) is 8.42 Å². The molecule has 1 saturated heterocycles. The lowest BCUT2D eigenvalue weighted by Crippen LogP contribution is -2.37. The first-order valence-electron chi connectivity index (χ1n) is 10.0. The summed E-state index contributed by atoms with van der Waals surface area (Å²) in [5.41, 5.74) is 1.78. The molecule has 29 heavy (non-hydrogen) atoms. The summed E-state index contributed by atoms with van der Waals surface area (Å²) in [7, 11) is -3.69. The molecule has 0 aliphatic carbocycles. The van der Waals surface area contributed by atoms with E-state index in [1.165, 1.54) is 6.92 Å². The van der Waals surface area contributed by atoms with Crippen molar-refractivity contribution in [3.05, 3.63) is 40.1 Å². The van der Waals surface area contributed by atoms with Crippen LogP contribution in [0.3, 0.4) is 0 Å². The summed E-state index contributed by atoms with van der Waals surface area (Å²) >= 11 is 1.63. The fraction of sp³-hybridized carbons (Fsp3) is 0.476. The third-order valence-corrected chi connectivity index (χ3v) is 8.71. The second kappa shape index (κ2) is 8.08. The van der Waals surface area contributed by atoms with Gasteiger partial charge in [0.05, 0.1) is 23.2 Å². The highest BCUT2D eigenvalue weighted by atomic mass is 32.2. The molecule has 1 amide bonds. The summed E-state index contributed by atoms with van der Waals surface area (Å²) in [4.78, 5) is 14.9. The molecule has 3 heterocycles. The number of fused-ring (bicyclic) bond motifs is 1. The van der Waals surface area contributed by atoms with Gasteiger partial charge in [0, 0.05) is 24.4 Å². The zero-order valence-electron chi connectivity index (χ0n) is 16.8. The molecule has 0 N–H and O–H groups in total. The Morgan fingerprint density at radius 2 is 2.00 bits per heavy atom. The van der Waals surface area contributed by atoms with Crippen molar-refractivity contribution in [3.63, 3.8) is 0 Å². The molecule has 1 aromatic carbocycles. The number of nitrogens with zero attached hydrogens (tertiary/aromatic N) is 2. The molecule has 2 aliphatic rings. The highest BCUT2D eigenvalue weighted by Crippen LogP contribution is 2.40. The Labute approximate surface area is 176 Å². The van der Waals surface area contributed by atoms with E-state index in [4.69, 9.17) is 4.74 Å². The van der Waals surface area contributed by atoms with Crippen molar-refractivity contribution < 1.29 is 17.9 Å². The molecule has 8 heteroatoms. The molecule has 4 rings (SSSR count). The topological polar surface area (TPSA) is 66.9 Å². The maximum atomic E-state index is 13.7. The van der Waals surface area contributed by atoms with Crippen molar-refractivity contribution in [2.45, 2.75) is 50.5 Å². The standard InChI is InChI=1S/C21H26N2O4S2/c1-15-9-13-28-21(15)19-6-4-3-5-10-23(19)29(25,26)17-7-8-18-20(14-17)27-12-11-22(18)16(2)24/h7-9,13-14,19H,3-6,10-12H2,1-2H3/t19-/m1/s1. The van der Waals surface area contributed by atoms with Crippen LogP contribution in [-0.2, 0) is 14.8 Å². The van der Waals surface area contributed by atoms with Crippen molar-refractivity contribution >= 4 is 33.0 Å². The number of thiophene rings is 1. The molecule has 0 unspecified atom stereocenters. The molecule has 1 aromatic heterocycles. The minimum atomic E-state index is -3.69. The monoisotopic (exact) mass is 434 g/mol. The van der Waals surface area contributed by atoms with Crippen molar-refractivity contribution in [3.8, 4) is 5.75 Å². The number of benzene rings is 1. The molecular formula is C21H26N2O4S2. The maximum Gasteiger partial charge on any atom is 0.243 e. The van der Waals surface area contributed by atoms with Gasteiger partial charge in [-0.3, -0.25) is 4.79 Å². The summed E-state index contributed by atoms with van der Waals surface area (Å²) < 4.78 is 34.7. The predicted molar refractivity (Wildman–Crippen MR) is 114 cm³/mol. The van der Waals surface area contributed by atoms with Gasteiger partial charge in [0.1, 0.15) is 12.4 Å². The Balaban J connectivity index is 1.73. The predicted octanol–water partition coefficient (Wildman–Crippen LogP) is 4.11. The molecule has 1 atom stereocenters. The Kier molecular flexibility index (Phi) is 5.68. The summed E-state index contributed by atoms with van der Waals surface area (Å²) in [5.74, 6) is 0.372. The number of carbonyl (C=O) groups is 1. The third-order valence-electron chi connectivity index (χ3n) is 5.69. The average molecular weight is 435 g/mol. The number of ether oxygens (including phenoxy) is 1. The Morgan fingerprint density at radius 1 is 1.17 bits per heavy atom. The molecule has 0 bridgehead atoms. The van der Waals surface area contributed by atoms with Crippen LogP contribution >= 0.6 is 11.3 Å². The molecule has 0 spiro atoms. The van der Waals surface area contributed by atoms with E-state index < -0.39 is 10.0 Å². The summed E-state index contributed by atoms with van der Waals surface area (Å²) in [6, 6.07) is 6.78. The second-order valence-corrected chi connectivity index (χ2v) is 10.4. The molecule has 0 saturated carbocycles. The number of rotatable bonds is 3. The average Bonchev–Trinajstić information content (AvgIpc) is 2.98. The quantitative estimate of drug-likeness (QED) is 0.729. The van der Waals surface area contributed by atoms with Gasteiger partial charge in [-0.05, 0) is 48.9 Å². The number of carbonyl (C=O) groups excluding carboxylic acids is 1. The van der Waals surface area contributed by atoms with Crippen LogP contribution in [0.5, 0.6) is 5.75 Å². The van der Waals surface area contributed by atoms with E-state index in [2.05, 4.69) is 6.07 Å². The summed E-state index contributed by atoms with van der Waals surface area (Å²) in [5, 5.41) is 2.03. The molecule has 0 radical (unpaired) electrons. The van der Waals surface area contributed by atoms with E-state index in [1.54, 1.807) is 38.7 Å². The zero-order valence-corrected chi connectivity index (χ0v) is 18.4. The smallest absolute Gasteiger partial charge is 0.243 e. The van der Waals surface area contributed by atoms with Crippen molar-refractivity contribution in [2.24, 2.45) is 0 Å². The van der Waals surface area contributed by atoms with Gasteiger partial charge in [-0.2, -0.15) is 4.31 Å². The van der Waals surface area contributed by atoms with Gasteiger partial charge in [-0.15, -0.1) is 11.3 Å². The first-order chi connectivity index (χ1) is 13.9. The van der Waals surface area contributed by atoms with Crippen LogP contribution in [0.1, 0.15) is 49.1 Å². The lowest BCUT2D eigenvalue weighted by molar-refractivity contribution is -0.116. The van der Waals surface area contributed by atoms with E-state index in [1.807, 2.05) is 12.3 Å².